The Morgan fingerprint density at radius 3 is 2.60 bits per heavy atom. The molecular weight excluding hydrogens is 314 g/mol. The van der Waals surface area contributed by atoms with Crippen molar-refractivity contribution >= 4 is 11.7 Å². The lowest BCUT2D eigenvalue weighted by molar-refractivity contribution is -0.143. The highest BCUT2D eigenvalue weighted by Gasteiger charge is 2.31. The van der Waals surface area contributed by atoms with Gasteiger partial charge in [0.2, 0.25) is 0 Å². The lowest BCUT2D eigenvalue weighted by atomic mass is 9.93. The van der Waals surface area contributed by atoms with Crippen molar-refractivity contribution < 1.29 is 9.90 Å². The van der Waals surface area contributed by atoms with Gasteiger partial charge in [0.25, 0.3) is 0 Å². The van der Waals surface area contributed by atoms with Crippen molar-refractivity contribution in [1.82, 2.24) is 9.88 Å². The van der Waals surface area contributed by atoms with Gasteiger partial charge >= 0.3 is 5.97 Å². The summed E-state index contributed by atoms with van der Waals surface area (Å²) in [6.07, 6.45) is 3.45. The van der Waals surface area contributed by atoms with E-state index in [0.717, 1.165) is 36.3 Å². The maximum Gasteiger partial charge on any atom is 0.307 e. The molecule has 0 bridgehead atoms. The van der Waals surface area contributed by atoms with Crippen LogP contribution in [-0.2, 0) is 4.79 Å². The molecule has 0 radical (unpaired) electrons. The lowest BCUT2D eigenvalue weighted by Crippen LogP contribution is -2.41. The third-order valence-corrected chi connectivity index (χ3v) is 4.86. The van der Waals surface area contributed by atoms with E-state index < -0.39 is 5.97 Å². The molecule has 0 saturated carbocycles. The minimum Gasteiger partial charge on any atom is -0.481 e. The predicted octanol–water partition coefficient (Wildman–Crippen LogP) is 3.03. The standard InChI is InChI=1S/C20H25N3O2/c1-22(2)17-10-8-15(9-11-17)19(18-7-3-4-12-21-18)23-13-5-6-16(14-23)20(24)25/h3-4,7-12,16,19H,5-6,13-14H2,1-2H3,(H,24,25). The minimum atomic E-state index is -0.701. The highest BCUT2D eigenvalue weighted by atomic mass is 16.4. The van der Waals surface area contributed by atoms with Crippen LogP contribution in [0.5, 0.6) is 0 Å². The molecule has 0 amide bonds. The Labute approximate surface area is 148 Å². The second kappa shape index (κ2) is 7.66. The maximum atomic E-state index is 11.5. The fraction of sp³-hybridized carbons (Fsp3) is 0.400. The Kier molecular flexibility index (Phi) is 5.34. The van der Waals surface area contributed by atoms with E-state index in [1.165, 1.54) is 0 Å². The van der Waals surface area contributed by atoms with E-state index in [2.05, 4.69) is 39.0 Å². The molecule has 2 aromatic rings. The van der Waals surface area contributed by atoms with E-state index in [1.807, 2.05) is 32.3 Å². The minimum absolute atomic E-state index is 0.0143. The number of carboxylic acids is 1. The summed E-state index contributed by atoms with van der Waals surface area (Å²) in [6, 6.07) is 14.4. The predicted molar refractivity (Wildman–Crippen MR) is 98.8 cm³/mol. The Balaban J connectivity index is 1.94. The smallest absolute Gasteiger partial charge is 0.307 e. The van der Waals surface area contributed by atoms with Gasteiger partial charge in [0.1, 0.15) is 0 Å². The number of piperidine rings is 1. The zero-order valence-corrected chi connectivity index (χ0v) is 14.8. The third kappa shape index (κ3) is 3.99. The molecule has 5 heteroatoms. The number of likely N-dealkylation sites (tertiary alicyclic amines) is 1. The second-order valence-corrected chi connectivity index (χ2v) is 6.82. The van der Waals surface area contributed by atoms with Crippen LogP contribution in [0.2, 0.25) is 0 Å². The highest BCUT2D eigenvalue weighted by Crippen LogP contribution is 2.32. The first-order chi connectivity index (χ1) is 12.1. The summed E-state index contributed by atoms with van der Waals surface area (Å²) >= 11 is 0. The average molecular weight is 339 g/mol. The van der Waals surface area contributed by atoms with Gasteiger partial charge in [-0.1, -0.05) is 18.2 Å². The van der Waals surface area contributed by atoms with E-state index in [1.54, 1.807) is 6.20 Å². The average Bonchev–Trinajstić information content (AvgIpc) is 2.63. The zero-order valence-electron chi connectivity index (χ0n) is 14.8. The van der Waals surface area contributed by atoms with E-state index in [4.69, 9.17) is 0 Å². The molecule has 1 N–H and O–H groups in total. The molecule has 1 aliphatic heterocycles. The number of hydrogen-bond acceptors (Lipinski definition) is 4. The molecule has 3 rings (SSSR count). The Morgan fingerprint density at radius 1 is 1.24 bits per heavy atom. The molecule has 2 unspecified atom stereocenters. The maximum absolute atomic E-state index is 11.5. The molecule has 2 heterocycles. The van der Waals surface area contributed by atoms with Crippen LogP contribution in [-0.4, -0.2) is 48.1 Å². The zero-order chi connectivity index (χ0) is 17.8. The van der Waals surface area contributed by atoms with Crippen molar-refractivity contribution in [3.05, 3.63) is 59.9 Å². The monoisotopic (exact) mass is 339 g/mol. The first-order valence-electron chi connectivity index (χ1n) is 8.71. The molecule has 1 saturated heterocycles. The van der Waals surface area contributed by atoms with Gasteiger partial charge in [-0.05, 0) is 49.2 Å². The molecule has 1 aliphatic rings. The molecule has 132 valence electrons. The second-order valence-electron chi connectivity index (χ2n) is 6.82. The fourth-order valence-corrected chi connectivity index (χ4v) is 3.50. The number of carbonyl (C=O) groups is 1. The summed E-state index contributed by atoms with van der Waals surface area (Å²) in [5.41, 5.74) is 3.26. The molecule has 2 atom stereocenters. The summed E-state index contributed by atoms with van der Waals surface area (Å²) in [4.78, 5) is 20.4. The van der Waals surface area contributed by atoms with Gasteiger partial charge in [-0.3, -0.25) is 14.7 Å². The number of rotatable bonds is 5. The van der Waals surface area contributed by atoms with Gasteiger partial charge in [0, 0.05) is 32.5 Å². The van der Waals surface area contributed by atoms with Gasteiger partial charge in [0.05, 0.1) is 17.7 Å². The number of carboxylic acid groups (broad SMARTS) is 1. The van der Waals surface area contributed by atoms with Crippen molar-refractivity contribution in [2.75, 3.05) is 32.1 Å². The van der Waals surface area contributed by atoms with Crippen molar-refractivity contribution in [2.24, 2.45) is 5.92 Å². The van der Waals surface area contributed by atoms with Gasteiger partial charge in [-0.25, -0.2) is 0 Å². The van der Waals surface area contributed by atoms with Gasteiger partial charge in [0.15, 0.2) is 0 Å². The van der Waals surface area contributed by atoms with Crippen LogP contribution in [0.15, 0.2) is 48.7 Å². The van der Waals surface area contributed by atoms with Crippen LogP contribution in [0.1, 0.15) is 30.1 Å². The number of anilines is 1. The van der Waals surface area contributed by atoms with Gasteiger partial charge < -0.3 is 10.0 Å². The van der Waals surface area contributed by atoms with Crippen LogP contribution < -0.4 is 4.90 Å². The first-order valence-corrected chi connectivity index (χ1v) is 8.71. The van der Waals surface area contributed by atoms with Crippen molar-refractivity contribution in [3.63, 3.8) is 0 Å². The van der Waals surface area contributed by atoms with Crippen LogP contribution in [0.4, 0.5) is 5.69 Å². The number of aliphatic carboxylic acids is 1. The highest BCUT2D eigenvalue weighted by molar-refractivity contribution is 5.70. The van der Waals surface area contributed by atoms with Crippen LogP contribution >= 0.6 is 0 Å². The Bertz CT molecular complexity index is 701. The van der Waals surface area contributed by atoms with E-state index in [0.29, 0.717) is 6.54 Å². The number of benzene rings is 1. The molecule has 0 spiro atoms. The summed E-state index contributed by atoms with van der Waals surface area (Å²) in [5.74, 6) is -1.01. The summed E-state index contributed by atoms with van der Waals surface area (Å²) in [7, 11) is 4.04. The van der Waals surface area contributed by atoms with Crippen molar-refractivity contribution in [1.29, 1.82) is 0 Å². The van der Waals surface area contributed by atoms with Gasteiger partial charge in [-0.2, -0.15) is 0 Å². The van der Waals surface area contributed by atoms with Crippen LogP contribution in [0, 0.1) is 5.92 Å². The Morgan fingerprint density at radius 2 is 2.00 bits per heavy atom. The molecule has 1 aromatic carbocycles. The van der Waals surface area contributed by atoms with E-state index >= 15 is 0 Å². The van der Waals surface area contributed by atoms with Crippen LogP contribution in [0.25, 0.3) is 0 Å². The largest absolute Gasteiger partial charge is 0.481 e. The fourth-order valence-electron chi connectivity index (χ4n) is 3.50. The van der Waals surface area contributed by atoms with E-state index in [-0.39, 0.29) is 12.0 Å². The normalized spacial score (nSPS) is 19.4. The first kappa shape index (κ1) is 17.4. The molecule has 1 aromatic heterocycles. The van der Waals surface area contributed by atoms with Crippen molar-refractivity contribution in [2.45, 2.75) is 18.9 Å². The molecule has 1 fully saturated rings. The lowest BCUT2D eigenvalue weighted by Gasteiger charge is -2.37. The number of hydrogen-bond donors (Lipinski definition) is 1. The summed E-state index contributed by atoms with van der Waals surface area (Å²) < 4.78 is 0. The SMILES string of the molecule is CN(C)c1ccc(C(c2ccccn2)N2CCCC(C(=O)O)C2)cc1. The summed E-state index contributed by atoms with van der Waals surface area (Å²) in [5, 5.41) is 9.43. The number of nitrogens with zero attached hydrogens (tertiary/aromatic N) is 3. The third-order valence-electron chi connectivity index (χ3n) is 4.86. The number of pyridine rings is 1. The van der Waals surface area contributed by atoms with E-state index in [9.17, 15) is 9.90 Å². The molecular formula is C20H25N3O2. The van der Waals surface area contributed by atoms with Crippen molar-refractivity contribution in [3.8, 4) is 0 Å². The van der Waals surface area contributed by atoms with Gasteiger partial charge in [-0.15, -0.1) is 0 Å². The topological polar surface area (TPSA) is 56.7 Å². The molecule has 25 heavy (non-hydrogen) atoms. The van der Waals surface area contributed by atoms with Crippen LogP contribution in [0.3, 0.4) is 0 Å². The molecule has 5 nitrogen and oxygen atoms in total. The summed E-state index contributed by atoms with van der Waals surface area (Å²) in [6.45, 7) is 1.45. The quantitative estimate of drug-likeness (QED) is 0.907. The number of aromatic nitrogens is 1. The molecule has 0 aliphatic carbocycles. The Hall–Kier alpha value is -2.40.